The molecular formula is C16H18ClFN4O. The highest BCUT2D eigenvalue weighted by atomic mass is 35.5. The number of nitrogens with one attached hydrogen (secondary N) is 2. The highest BCUT2D eigenvalue weighted by molar-refractivity contribution is 6.33. The molecule has 122 valence electrons. The summed E-state index contributed by atoms with van der Waals surface area (Å²) in [4.78, 5) is 21.5. The second kappa shape index (κ2) is 7.10. The van der Waals surface area contributed by atoms with Gasteiger partial charge in [0.15, 0.2) is 0 Å². The molecule has 2 N–H and O–H groups in total. The second-order valence-electron chi connectivity index (χ2n) is 5.77. The smallest absolute Gasteiger partial charge is 0.255 e. The first kappa shape index (κ1) is 16.0. The van der Waals surface area contributed by atoms with Gasteiger partial charge in [0.1, 0.15) is 5.82 Å². The summed E-state index contributed by atoms with van der Waals surface area (Å²) in [7, 11) is 0. The van der Waals surface area contributed by atoms with Crippen molar-refractivity contribution in [3.05, 3.63) is 52.8 Å². The van der Waals surface area contributed by atoms with Gasteiger partial charge in [0.2, 0.25) is 0 Å². The molecule has 0 saturated carbocycles. The number of imidazole rings is 1. The van der Waals surface area contributed by atoms with E-state index in [1.54, 1.807) is 6.33 Å². The normalized spacial score (nSPS) is 18.3. The molecule has 0 radical (unpaired) electrons. The number of nitrogens with zero attached hydrogens (tertiary/aromatic N) is 2. The summed E-state index contributed by atoms with van der Waals surface area (Å²) in [5.74, 6) is -0.699. The minimum Gasteiger partial charge on any atom is -0.352 e. The third-order valence-electron chi connectivity index (χ3n) is 4.06. The minimum absolute atomic E-state index is 0.0820. The fourth-order valence-corrected chi connectivity index (χ4v) is 3.12. The number of benzene rings is 1. The van der Waals surface area contributed by atoms with Crippen LogP contribution in [-0.4, -0.2) is 40.4 Å². The highest BCUT2D eigenvalue weighted by Crippen LogP contribution is 2.20. The van der Waals surface area contributed by atoms with Crippen LogP contribution in [0.15, 0.2) is 30.7 Å². The van der Waals surface area contributed by atoms with Crippen LogP contribution >= 0.6 is 11.6 Å². The number of rotatable bonds is 5. The molecule has 0 bridgehead atoms. The van der Waals surface area contributed by atoms with Gasteiger partial charge in [-0.1, -0.05) is 17.7 Å². The lowest BCUT2D eigenvalue weighted by Crippen LogP contribution is -2.31. The largest absolute Gasteiger partial charge is 0.352 e. The lowest BCUT2D eigenvalue weighted by molar-refractivity contribution is 0.0943. The summed E-state index contributed by atoms with van der Waals surface area (Å²) in [6.07, 6.45) is 4.48. The van der Waals surface area contributed by atoms with Gasteiger partial charge < -0.3 is 10.3 Å². The summed E-state index contributed by atoms with van der Waals surface area (Å²) in [5, 5.41) is 2.93. The van der Waals surface area contributed by atoms with Crippen molar-refractivity contribution in [2.45, 2.75) is 13.0 Å². The summed E-state index contributed by atoms with van der Waals surface area (Å²) >= 11 is 5.90. The molecule has 7 heteroatoms. The third kappa shape index (κ3) is 3.89. The Morgan fingerprint density at radius 1 is 1.52 bits per heavy atom. The first-order valence-corrected chi connectivity index (χ1v) is 7.93. The fourth-order valence-electron chi connectivity index (χ4n) is 2.88. The number of amides is 1. The van der Waals surface area contributed by atoms with Crippen LogP contribution in [0.4, 0.5) is 4.39 Å². The Labute approximate surface area is 138 Å². The average molecular weight is 337 g/mol. The zero-order valence-corrected chi connectivity index (χ0v) is 13.3. The number of H-pyrrole nitrogens is 1. The monoisotopic (exact) mass is 336 g/mol. The molecule has 0 spiro atoms. The molecule has 1 aliphatic heterocycles. The molecule has 2 aromatic rings. The van der Waals surface area contributed by atoms with Crippen LogP contribution in [0, 0.1) is 11.7 Å². The number of hydrogen-bond donors (Lipinski definition) is 2. The van der Waals surface area contributed by atoms with E-state index in [4.69, 9.17) is 11.6 Å². The van der Waals surface area contributed by atoms with Crippen molar-refractivity contribution in [2.24, 2.45) is 5.92 Å². The molecule has 1 amide bonds. The molecule has 23 heavy (non-hydrogen) atoms. The molecular weight excluding hydrogens is 319 g/mol. The summed E-state index contributed by atoms with van der Waals surface area (Å²) in [6, 6.07) is 4.24. The van der Waals surface area contributed by atoms with E-state index >= 15 is 0 Å². The van der Waals surface area contributed by atoms with Crippen molar-refractivity contribution in [1.82, 2.24) is 20.2 Å². The van der Waals surface area contributed by atoms with Gasteiger partial charge in [0, 0.05) is 31.5 Å². The lowest BCUT2D eigenvalue weighted by Gasteiger charge is -2.15. The number of carbonyl (C=O) groups is 1. The van der Waals surface area contributed by atoms with E-state index in [9.17, 15) is 9.18 Å². The van der Waals surface area contributed by atoms with Crippen molar-refractivity contribution in [3.63, 3.8) is 0 Å². The van der Waals surface area contributed by atoms with Crippen molar-refractivity contribution in [1.29, 1.82) is 0 Å². The van der Waals surface area contributed by atoms with Crippen LogP contribution in [0.25, 0.3) is 0 Å². The Hall–Kier alpha value is -1.92. The summed E-state index contributed by atoms with van der Waals surface area (Å²) in [5.41, 5.74) is 0.995. The zero-order valence-electron chi connectivity index (χ0n) is 12.6. The number of likely N-dealkylation sites (tertiary alicyclic amines) is 1. The van der Waals surface area contributed by atoms with Crippen LogP contribution in [0.1, 0.15) is 22.5 Å². The van der Waals surface area contributed by atoms with Crippen LogP contribution in [0.3, 0.4) is 0 Å². The standard InChI is InChI=1S/C16H18ClFN4O/c17-13-2-1-3-14(18)15(13)16(23)20-6-11-4-5-22(8-11)9-12-7-19-10-21-12/h1-3,7,10-11H,4-6,8-9H2,(H,19,21)(H,20,23)/t11-/m0/s1. The minimum atomic E-state index is -0.595. The van der Waals surface area contributed by atoms with Gasteiger partial charge in [0.05, 0.1) is 16.9 Å². The van der Waals surface area contributed by atoms with Crippen molar-refractivity contribution in [2.75, 3.05) is 19.6 Å². The summed E-state index contributed by atoms with van der Waals surface area (Å²) < 4.78 is 13.7. The Morgan fingerprint density at radius 2 is 2.39 bits per heavy atom. The number of halogens is 2. The van der Waals surface area contributed by atoms with E-state index < -0.39 is 11.7 Å². The molecule has 1 aliphatic rings. The molecule has 1 aromatic heterocycles. The van der Waals surface area contributed by atoms with Gasteiger partial charge in [-0.05, 0) is 31.0 Å². The van der Waals surface area contributed by atoms with Crippen LogP contribution < -0.4 is 5.32 Å². The molecule has 0 unspecified atom stereocenters. The van der Waals surface area contributed by atoms with Crippen molar-refractivity contribution in [3.8, 4) is 0 Å². The number of carbonyl (C=O) groups excluding carboxylic acids is 1. The Bertz CT molecular complexity index is 656. The Morgan fingerprint density at radius 3 is 3.13 bits per heavy atom. The molecule has 1 atom stereocenters. The van der Waals surface area contributed by atoms with E-state index in [0.717, 1.165) is 31.7 Å². The average Bonchev–Trinajstić information content (AvgIpc) is 3.17. The molecule has 3 rings (SSSR count). The molecule has 0 aliphatic carbocycles. The molecule has 1 fully saturated rings. The predicted molar refractivity (Wildman–Crippen MR) is 85.7 cm³/mol. The highest BCUT2D eigenvalue weighted by Gasteiger charge is 2.24. The van der Waals surface area contributed by atoms with E-state index in [1.807, 2.05) is 6.20 Å². The van der Waals surface area contributed by atoms with E-state index in [-0.39, 0.29) is 10.6 Å². The first-order chi connectivity index (χ1) is 11.1. The van der Waals surface area contributed by atoms with Gasteiger partial charge in [-0.2, -0.15) is 0 Å². The lowest BCUT2D eigenvalue weighted by atomic mass is 10.1. The molecule has 5 nitrogen and oxygen atoms in total. The van der Waals surface area contributed by atoms with Gasteiger partial charge in [0.25, 0.3) is 5.91 Å². The van der Waals surface area contributed by atoms with Gasteiger partial charge in [-0.25, -0.2) is 9.37 Å². The van der Waals surface area contributed by atoms with Crippen LogP contribution in [-0.2, 0) is 6.54 Å². The first-order valence-electron chi connectivity index (χ1n) is 7.55. The SMILES string of the molecule is O=C(NC[C@@H]1CCN(Cc2cnc[nH]2)C1)c1c(F)cccc1Cl. The van der Waals surface area contributed by atoms with Crippen LogP contribution in [0.5, 0.6) is 0 Å². The van der Waals surface area contributed by atoms with E-state index in [2.05, 4.69) is 20.2 Å². The van der Waals surface area contributed by atoms with Crippen LogP contribution in [0.2, 0.25) is 5.02 Å². The summed E-state index contributed by atoms with van der Waals surface area (Å²) in [6.45, 7) is 3.21. The Kier molecular flexibility index (Phi) is 4.93. The quantitative estimate of drug-likeness (QED) is 0.881. The Balaban J connectivity index is 1.50. The molecule has 1 saturated heterocycles. The number of aromatic nitrogens is 2. The molecule has 1 aromatic carbocycles. The van der Waals surface area contributed by atoms with E-state index in [1.165, 1.54) is 18.2 Å². The third-order valence-corrected chi connectivity index (χ3v) is 4.37. The molecule has 2 heterocycles. The maximum absolute atomic E-state index is 13.7. The topological polar surface area (TPSA) is 61.0 Å². The predicted octanol–water partition coefficient (Wildman–Crippen LogP) is 2.45. The fraction of sp³-hybridized carbons (Fsp3) is 0.375. The maximum Gasteiger partial charge on any atom is 0.255 e. The van der Waals surface area contributed by atoms with Gasteiger partial charge in [-0.15, -0.1) is 0 Å². The zero-order chi connectivity index (χ0) is 16.2. The second-order valence-corrected chi connectivity index (χ2v) is 6.18. The van der Waals surface area contributed by atoms with Crippen molar-refractivity contribution >= 4 is 17.5 Å². The van der Waals surface area contributed by atoms with Gasteiger partial charge in [-0.3, -0.25) is 9.69 Å². The number of aromatic amines is 1. The maximum atomic E-state index is 13.7. The van der Waals surface area contributed by atoms with E-state index in [0.29, 0.717) is 12.5 Å². The van der Waals surface area contributed by atoms with Crippen molar-refractivity contribution < 1.29 is 9.18 Å². The number of hydrogen-bond acceptors (Lipinski definition) is 3. The van der Waals surface area contributed by atoms with Gasteiger partial charge >= 0.3 is 0 Å².